The van der Waals surface area contributed by atoms with E-state index in [1.165, 1.54) is 5.56 Å². The van der Waals surface area contributed by atoms with E-state index < -0.39 is 0 Å². The molecule has 5 rings (SSSR count). The first kappa shape index (κ1) is 20.5. The Hall–Kier alpha value is -2.37. The van der Waals surface area contributed by atoms with Crippen molar-refractivity contribution >= 4 is 5.91 Å². The summed E-state index contributed by atoms with van der Waals surface area (Å²) in [7, 11) is 0. The molecule has 2 aromatic carbocycles. The summed E-state index contributed by atoms with van der Waals surface area (Å²) >= 11 is 0. The number of nitrogens with one attached hydrogen (secondary N) is 2. The van der Waals surface area contributed by atoms with Gasteiger partial charge in [0.25, 0.3) is 0 Å². The predicted octanol–water partition coefficient (Wildman–Crippen LogP) is 3.46. The van der Waals surface area contributed by atoms with Crippen molar-refractivity contribution in [3.05, 3.63) is 65.7 Å². The van der Waals surface area contributed by atoms with Gasteiger partial charge >= 0.3 is 0 Å². The van der Waals surface area contributed by atoms with Crippen molar-refractivity contribution in [3.63, 3.8) is 0 Å². The van der Waals surface area contributed by atoms with E-state index in [9.17, 15) is 4.79 Å². The largest absolute Gasteiger partial charge is 0.487 e. The minimum atomic E-state index is -0.208. The molecule has 31 heavy (non-hydrogen) atoms. The number of benzene rings is 2. The highest BCUT2D eigenvalue weighted by Gasteiger charge is 2.44. The first-order valence-corrected chi connectivity index (χ1v) is 11.8. The number of para-hydroxylation sites is 1. The third-order valence-electron chi connectivity index (χ3n) is 7.21. The lowest BCUT2D eigenvalue weighted by Crippen LogP contribution is -2.52. The van der Waals surface area contributed by atoms with Gasteiger partial charge in [0.1, 0.15) is 11.4 Å². The Morgan fingerprint density at radius 1 is 1.03 bits per heavy atom. The van der Waals surface area contributed by atoms with Crippen molar-refractivity contribution in [1.82, 2.24) is 15.5 Å². The molecule has 3 aliphatic heterocycles. The van der Waals surface area contributed by atoms with Crippen molar-refractivity contribution < 1.29 is 9.53 Å². The number of amides is 1. The van der Waals surface area contributed by atoms with Crippen LogP contribution in [0.5, 0.6) is 5.75 Å². The number of rotatable bonds is 4. The van der Waals surface area contributed by atoms with Crippen LogP contribution in [0.25, 0.3) is 0 Å². The molecule has 5 heteroatoms. The summed E-state index contributed by atoms with van der Waals surface area (Å²) in [6.07, 6.45) is 4.73. The van der Waals surface area contributed by atoms with Crippen molar-refractivity contribution in [2.45, 2.75) is 56.2 Å². The highest BCUT2D eigenvalue weighted by molar-refractivity contribution is 5.85. The van der Waals surface area contributed by atoms with Gasteiger partial charge in [0.2, 0.25) is 5.91 Å². The third-order valence-corrected chi connectivity index (χ3v) is 7.21. The van der Waals surface area contributed by atoms with E-state index in [1.807, 2.05) is 18.2 Å². The number of hydrogen-bond acceptors (Lipinski definition) is 4. The van der Waals surface area contributed by atoms with Crippen molar-refractivity contribution in [2.24, 2.45) is 0 Å². The molecule has 2 saturated heterocycles. The molecule has 0 aromatic heterocycles. The number of fused-ring (bicyclic) bond motifs is 1. The Kier molecular flexibility index (Phi) is 5.97. The SMILES string of the molecule is O=C(NC1CCN(Cc2ccccc2)CC1)C1CC2(CCNCC2)Oc2ccccc21. The van der Waals surface area contributed by atoms with Gasteiger partial charge in [-0.25, -0.2) is 0 Å². The van der Waals surface area contributed by atoms with Gasteiger partial charge in [-0.2, -0.15) is 0 Å². The van der Waals surface area contributed by atoms with Crippen LogP contribution in [0, 0.1) is 0 Å². The van der Waals surface area contributed by atoms with E-state index >= 15 is 0 Å². The molecule has 0 radical (unpaired) electrons. The summed E-state index contributed by atoms with van der Waals surface area (Å²) in [5.74, 6) is 0.953. The fraction of sp³-hybridized carbons (Fsp3) is 0.500. The van der Waals surface area contributed by atoms with Gasteiger partial charge in [0, 0.05) is 37.7 Å². The standard InChI is InChI=1S/C26H33N3O2/c30-25(28-21-10-16-29(17-11-21)19-20-6-2-1-3-7-20)23-18-26(12-14-27-15-13-26)31-24-9-5-4-8-22(23)24/h1-9,21,23,27H,10-19H2,(H,28,30). The van der Waals surface area contributed by atoms with Crippen molar-refractivity contribution in [2.75, 3.05) is 26.2 Å². The summed E-state index contributed by atoms with van der Waals surface area (Å²) in [5.41, 5.74) is 2.20. The summed E-state index contributed by atoms with van der Waals surface area (Å²) in [6, 6.07) is 19.0. The lowest BCUT2D eigenvalue weighted by atomic mass is 9.77. The first-order chi connectivity index (χ1) is 15.2. The Balaban J connectivity index is 1.22. The zero-order chi connectivity index (χ0) is 21.1. The molecule has 2 aromatic rings. The second-order valence-corrected chi connectivity index (χ2v) is 9.37. The molecule has 0 aliphatic carbocycles. The maximum Gasteiger partial charge on any atom is 0.228 e. The molecule has 1 amide bonds. The smallest absolute Gasteiger partial charge is 0.228 e. The van der Waals surface area contributed by atoms with Crippen LogP contribution in [0.4, 0.5) is 0 Å². The van der Waals surface area contributed by atoms with Crippen LogP contribution >= 0.6 is 0 Å². The van der Waals surface area contributed by atoms with Crippen LogP contribution in [0.15, 0.2) is 54.6 Å². The van der Waals surface area contributed by atoms with Crippen LogP contribution in [-0.4, -0.2) is 48.6 Å². The van der Waals surface area contributed by atoms with Gasteiger partial charge in [-0.15, -0.1) is 0 Å². The summed E-state index contributed by atoms with van der Waals surface area (Å²) in [4.78, 5) is 15.9. The van der Waals surface area contributed by atoms with E-state index in [0.717, 1.165) is 76.1 Å². The molecule has 1 unspecified atom stereocenters. The molecular weight excluding hydrogens is 386 g/mol. The van der Waals surface area contributed by atoms with Crippen LogP contribution in [-0.2, 0) is 11.3 Å². The van der Waals surface area contributed by atoms with Crippen molar-refractivity contribution in [3.8, 4) is 5.75 Å². The van der Waals surface area contributed by atoms with E-state index in [2.05, 4.69) is 51.9 Å². The fourth-order valence-corrected chi connectivity index (χ4v) is 5.42. The second-order valence-electron chi connectivity index (χ2n) is 9.37. The number of hydrogen-bond donors (Lipinski definition) is 2. The van der Waals surface area contributed by atoms with Gasteiger partial charge in [-0.1, -0.05) is 48.5 Å². The van der Waals surface area contributed by atoms with Crippen LogP contribution in [0.1, 0.15) is 49.1 Å². The van der Waals surface area contributed by atoms with E-state index in [-0.39, 0.29) is 23.5 Å². The third kappa shape index (κ3) is 4.63. The molecule has 3 aliphatic rings. The summed E-state index contributed by atoms with van der Waals surface area (Å²) < 4.78 is 6.47. The van der Waals surface area contributed by atoms with E-state index in [0.29, 0.717) is 0 Å². The quantitative estimate of drug-likeness (QED) is 0.797. The molecule has 5 nitrogen and oxygen atoms in total. The van der Waals surface area contributed by atoms with Gasteiger partial charge in [-0.3, -0.25) is 9.69 Å². The van der Waals surface area contributed by atoms with Crippen LogP contribution < -0.4 is 15.4 Å². The molecule has 2 fully saturated rings. The lowest BCUT2D eigenvalue weighted by molar-refractivity contribution is -0.126. The second kappa shape index (κ2) is 9.01. The normalized spacial score (nSPS) is 23.7. The van der Waals surface area contributed by atoms with E-state index in [4.69, 9.17) is 4.74 Å². The van der Waals surface area contributed by atoms with Gasteiger partial charge in [-0.05, 0) is 50.4 Å². The maximum atomic E-state index is 13.4. The van der Waals surface area contributed by atoms with Gasteiger partial charge < -0.3 is 15.4 Å². The minimum Gasteiger partial charge on any atom is -0.487 e. The van der Waals surface area contributed by atoms with Crippen molar-refractivity contribution in [1.29, 1.82) is 0 Å². The lowest BCUT2D eigenvalue weighted by Gasteiger charge is -2.44. The highest BCUT2D eigenvalue weighted by atomic mass is 16.5. The van der Waals surface area contributed by atoms with Gasteiger partial charge in [0.05, 0.1) is 5.92 Å². The Bertz CT molecular complexity index is 887. The molecule has 0 bridgehead atoms. The number of likely N-dealkylation sites (tertiary alicyclic amines) is 1. The molecule has 164 valence electrons. The number of carbonyl (C=O) groups is 1. The Morgan fingerprint density at radius 3 is 2.52 bits per heavy atom. The molecular formula is C26H33N3O2. The van der Waals surface area contributed by atoms with E-state index in [1.54, 1.807) is 0 Å². The fourth-order valence-electron chi connectivity index (χ4n) is 5.42. The summed E-state index contributed by atoms with van der Waals surface area (Å²) in [6.45, 7) is 4.96. The predicted molar refractivity (Wildman–Crippen MR) is 122 cm³/mol. The van der Waals surface area contributed by atoms with Gasteiger partial charge in [0.15, 0.2) is 0 Å². The number of nitrogens with zero attached hydrogens (tertiary/aromatic N) is 1. The molecule has 3 heterocycles. The average Bonchev–Trinajstić information content (AvgIpc) is 2.81. The maximum absolute atomic E-state index is 13.4. The number of ether oxygens (including phenoxy) is 1. The van der Waals surface area contributed by atoms with Crippen LogP contribution in [0.2, 0.25) is 0 Å². The molecule has 0 saturated carbocycles. The Morgan fingerprint density at radius 2 is 1.74 bits per heavy atom. The molecule has 1 spiro atoms. The molecule has 2 N–H and O–H groups in total. The number of carbonyl (C=O) groups excluding carboxylic acids is 1. The minimum absolute atomic E-state index is 0.120. The Labute approximate surface area is 185 Å². The molecule has 1 atom stereocenters. The highest BCUT2D eigenvalue weighted by Crippen LogP contribution is 2.44. The van der Waals surface area contributed by atoms with Crippen LogP contribution in [0.3, 0.4) is 0 Å². The zero-order valence-corrected chi connectivity index (χ0v) is 18.2. The average molecular weight is 420 g/mol. The summed E-state index contributed by atoms with van der Waals surface area (Å²) in [5, 5.41) is 6.83. The topological polar surface area (TPSA) is 53.6 Å². The zero-order valence-electron chi connectivity index (χ0n) is 18.2. The first-order valence-electron chi connectivity index (χ1n) is 11.8. The number of piperidine rings is 2. The monoisotopic (exact) mass is 419 g/mol.